The highest BCUT2D eigenvalue weighted by Gasteiger charge is 2.07. The van der Waals surface area contributed by atoms with Gasteiger partial charge in [-0.05, 0) is 36.9 Å². The molecule has 0 atom stereocenters. The molecule has 2 nitrogen and oxygen atoms in total. The van der Waals surface area contributed by atoms with Crippen LogP contribution in [0, 0.1) is 17.5 Å². The second-order valence-electron chi connectivity index (χ2n) is 4.32. The average Bonchev–Trinajstić information content (AvgIpc) is 2.43. The zero-order valence-electron chi connectivity index (χ0n) is 10.9. The van der Waals surface area contributed by atoms with Gasteiger partial charge in [0.25, 0.3) is 0 Å². The number of benzene rings is 2. The van der Waals surface area contributed by atoms with Crippen molar-refractivity contribution in [3.05, 3.63) is 65.0 Å². The maximum absolute atomic E-state index is 13.6. The van der Waals surface area contributed by atoms with Gasteiger partial charge in [-0.1, -0.05) is 6.07 Å². The molecule has 2 aromatic rings. The fourth-order valence-electron chi connectivity index (χ4n) is 1.78. The topological polar surface area (TPSA) is 21.3 Å². The molecule has 20 heavy (non-hydrogen) atoms. The molecule has 0 amide bonds. The van der Waals surface area contributed by atoms with Crippen molar-refractivity contribution in [1.29, 1.82) is 0 Å². The summed E-state index contributed by atoms with van der Waals surface area (Å²) in [5.41, 5.74) is 1.28. The molecule has 0 radical (unpaired) electrons. The van der Waals surface area contributed by atoms with Crippen LogP contribution in [0.2, 0.25) is 0 Å². The first-order chi connectivity index (χ1) is 9.60. The Kier molecular flexibility index (Phi) is 4.63. The van der Waals surface area contributed by atoms with Crippen LogP contribution in [0.1, 0.15) is 11.1 Å². The van der Waals surface area contributed by atoms with Crippen LogP contribution >= 0.6 is 0 Å². The number of hydrogen-bond donors (Lipinski definition) is 1. The molecule has 0 aliphatic carbocycles. The van der Waals surface area contributed by atoms with E-state index in [0.717, 1.165) is 17.7 Å². The lowest BCUT2D eigenvalue weighted by atomic mass is 10.1. The van der Waals surface area contributed by atoms with Gasteiger partial charge in [-0.25, -0.2) is 13.2 Å². The van der Waals surface area contributed by atoms with E-state index in [4.69, 9.17) is 4.74 Å². The fourth-order valence-corrected chi connectivity index (χ4v) is 1.78. The van der Waals surface area contributed by atoms with E-state index in [1.807, 2.05) is 0 Å². The van der Waals surface area contributed by atoms with Crippen molar-refractivity contribution in [2.24, 2.45) is 0 Å². The molecule has 2 aromatic carbocycles. The molecule has 0 aliphatic rings. The molecule has 0 aliphatic heterocycles. The van der Waals surface area contributed by atoms with Crippen LogP contribution in [-0.4, -0.2) is 7.05 Å². The molecule has 0 heterocycles. The number of hydrogen-bond acceptors (Lipinski definition) is 2. The number of rotatable bonds is 5. The highest BCUT2D eigenvalue weighted by molar-refractivity contribution is 5.27. The Hall–Kier alpha value is -2.01. The van der Waals surface area contributed by atoms with E-state index in [1.54, 1.807) is 19.2 Å². The SMILES string of the molecule is CNCc1ccc(F)c(COc2ccc(F)c(F)c2)c1. The molecule has 0 aromatic heterocycles. The zero-order chi connectivity index (χ0) is 14.5. The van der Waals surface area contributed by atoms with Gasteiger partial charge >= 0.3 is 0 Å². The molecule has 0 bridgehead atoms. The number of nitrogens with one attached hydrogen (secondary N) is 1. The maximum Gasteiger partial charge on any atom is 0.162 e. The molecule has 2 rings (SSSR count). The third-order valence-electron chi connectivity index (χ3n) is 2.78. The molecule has 0 saturated heterocycles. The van der Waals surface area contributed by atoms with Crippen molar-refractivity contribution in [2.45, 2.75) is 13.2 Å². The first kappa shape index (κ1) is 14.4. The lowest BCUT2D eigenvalue weighted by Gasteiger charge is -2.09. The van der Waals surface area contributed by atoms with Crippen molar-refractivity contribution in [1.82, 2.24) is 5.32 Å². The predicted molar refractivity (Wildman–Crippen MR) is 69.9 cm³/mol. The molecule has 1 N–H and O–H groups in total. The van der Waals surface area contributed by atoms with E-state index in [9.17, 15) is 13.2 Å². The summed E-state index contributed by atoms with van der Waals surface area (Å²) in [5.74, 6) is -2.18. The highest BCUT2D eigenvalue weighted by Crippen LogP contribution is 2.18. The lowest BCUT2D eigenvalue weighted by molar-refractivity contribution is 0.297. The Morgan fingerprint density at radius 1 is 0.950 bits per heavy atom. The summed E-state index contributed by atoms with van der Waals surface area (Å²) in [6, 6.07) is 7.91. The molecule has 106 valence electrons. The monoisotopic (exact) mass is 281 g/mol. The van der Waals surface area contributed by atoms with Crippen LogP contribution in [0.3, 0.4) is 0 Å². The Balaban J connectivity index is 2.09. The van der Waals surface area contributed by atoms with Crippen LogP contribution in [0.4, 0.5) is 13.2 Å². The molecular weight excluding hydrogens is 267 g/mol. The Morgan fingerprint density at radius 2 is 1.70 bits per heavy atom. The second-order valence-corrected chi connectivity index (χ2v) is 4.32. The van der Waals surface area contributed by atoms with Gasteiger partial charge in [0.15, 0.2) is 11.6 Å². The molecule has 0 spiro atoms. The van der Waals surface area contributed by atoms with Crippen LogP contribution < -0.4 is 10.1 Å². The van der Waals surface area contributed by atoms with Crippen molar-refractivity contribution in [2.75, 3.05) is 7.05 Å². The second kappa shape index (κ2) is 6.43. The lowest BCUT2D eigenvalue weighted by Crippen LogP contribution is -2.07. The van der Waals surface area contributed by atoms with Gasteiger partial charge in [-0.3, -0.25) is 0 Å². The first-order valence-corrected chi connectivity index (χ1v) is 6.10. The third kappa shape index (κ3) is 3.51. The molecule has 0 fully saturated rings. The van der Waals surface area contributed by atoms with E-state index in [0.29, 0.717) is 12.1 Å². The van der Waals surface area contributed by atoms with Crippen LogP contribution in [0.15, 0.2) is 36.4 Å². The first-order valence-electron chi connectivity index (χ1n) is 6.10. The summed E-state index contributed by atoms with van der Waals surface area (Å²) in [7, 11) is 1.79. The number of halogens is 3. The molecule has 5 heteroatoms. The van der Waals surface area contributed by atoms with E-state index in [2.05, 4.69) is 5.32 Å². The van der Waals surface area contributed by atoms with Gasteiger partial charge in [-0.15, -0.1) is 0 Å². The minimum atomic E-state index is -0.994. The Morgan fingerprint density at radius 3 is 2.40 bits per heavy atom. The van der Waals surface area contributed by atoms with E-state index in [-0.39, 0.29) is 12.4 Å². The Bertz CT molecular complexity index is 602. The summed E-state index contributed by atoms with van der Waals surface area (Å²) in [5, 5.41) is 2.96. The number of ether oxygens (including phenoxy) is 1. The maximum atomic E-state index is 13.6. The van der Waals surface area contributed by atoms with Gasteiger partial charge < -0.3 is 10.1 Å². The standard InChI is InChI=1S/C15H14F3NO/c1-19-8-10-2-4-13(16)11(6-10)9-20-12-3-5-14(17)15(18)7-12/h2-7,19H,8-9H2,1H3. The van der Waals surface area contributed by atoms with E-state index < -0.39 is 17.5 Å². The summed E-state index contributed by atoms with van der Waals surface area (Å²) >= 11 is 0. The smallest absolute Gasteiger partial charge is 0.162 e. The zero-order valence-corrected chi connectivity index (χ0v) is 10.9. The predicted octanol–water partition coefficient (Wildman–Crippen LogP) is 3.40. The fraction of sp³-hybridized carbons (Fsp3) is 0.200. The summed E-state index contributed by atoms with van der Waals surface area (Å²) < 4.78 is 44.7. The van der Waals surface area contributed by atoms with Crippen molar-refractivity contribution in [3.63, 3.8) is 0 Å². The minimum absolute atomic E-state index is 0.0472. The van der Waals surface area contributed by atoms with Crippen LogP contribution in [-0.2, 0) is 13.2 Å². The Labute approximate surface area is 115 Å². The van der Waals surface area contributed by atoms with Crippen LogP contribution in [0.25, 0.3) is 0 Å². The summed E-state index contributed by atoms with van der Waals surface area (Å²) in [6.07, 6.45) is 0. The van der Waals surface area contributed by atoms with Gasteiger partial charge in [-0.2, -0.15) is 0 Å². The van der Waals surface area contributed by atoms with Crippen LogP contribution in [0.5, 0.6) is 5.75 Å². The summed E-state index contributed by atoms with van der Waals surface area (Å²) in [6.45, 7) is 0.562. The minimum Gasteiger partial charge on any atom is -0.489 e. The summed E-state index contributed by atoms with van der Waals surface area (Å²) in [4.78, 5) is 0. The van der Waals surface area contributed by atoms with Gasteiger partial charge in [0, 0.05) is 18.2 Å². The largest absolute Gasteiger partial charge is 0.489 e. The van der Waals surface area contributed by atoms with Gasteiger partial charge in [0.05, 0.1) is 0 Å². The third-order valence-corrected chi connectivity index (χ3v) is 2.78. The van der Waals surface area contributed by atoms with E-state index in [1.165, 1.54) is 12.1 Å². The van der Waals surface area contributed by atoms with Crippen molar-refractivity contribution >= 4 is 0 Å². The van der Waals surface area contributed by atoms with Crippen molar-refractivity contribution < 1.29 is 17.9 Å². The van der Waals surface area contributed by atoms with E-state index >= 15 is 0 Å². The molecular formula is C15H14F3NO. The van der Waals surface area contributed by atoms with Crippen molar-refractivity contribution in [3.8, 4) is 5.75 Å². The van der Waals surface area contributed by atoms with Gasteiger partial charge in [0.1, 0.15) is 18.2 Å². The molecule has 0 unspecified atom stereocenters. The normalized spacial score (nSPS) is 10.6. The highest BCUT2D eigenvalue weighted by atomic mass is 19.2. The quantitative estimate of drug-likeness (QED) is 0.907. The molecule has 0 saturated carbocycles. The average molecular weight is 281 g/mol. The van der Waals surface area contributed by atoms with Gasteiger partial charge in [0.2, 0.25) is 0 Å².